The van der Waals surface area contributed by atoms with Gasteiger partial charge in [-0.1, -0.05) is 6.07 Å². The van der Waals surface area contributed by atoms with Gasteiger partial charge in [-0.25, -0.2) is 9.59 Å². The van der Waals surface area contributed by atoms with Crippen molar-refractivity contribution in [1.82, 2.24) is 10.6 Å². The SMILES string of the molecule is COC(=O)C1=C(C)C(c2ccc(OC)c(OC)c2)NC(=O)N1. The number of nitrogens with one attached hydrogen (secondary N) is 2. The highest BCUT2D eigenvalue weighted by Gasteiger charge is 2.29. The fourth-order valence-corrected chi connectivity index (χ4v) is 2.31. The summed E-state index contributed by atoms with van der Waals surface area (Å²) in [5.74, 6) is 0.541. The second-order valence-electron chi connectivity index (χ2n) is 4.70. The van der Waals surface area contributed by atoms with E-state index in [0.717, 1.165) is 5.56 Å². The van der Waals surface area contributed by atoms with Gasteiger partial charge >= 0.3 is 12.0 Å². The van der Waals surface area contributed by atoms with Crippen molar-refractivity contribution in [2.24, 2.45) is 0 Å². The monoisotopic (exact) mass is 306 g/mol. The van der Waals surface area contributed by atoms with Gasteiger partial charge in [-0.3, -0.25) is 0 Å². The van der Waals surface area contributed by atoms with Crippen molar-refractivity contribution in [2.45, 2.75) is 13.0 Å². The van der Waals surface area contributed by atoms with Gasteiger partial charge in [0, 0.05) is 0 Å². The number of hydrogen-bond donors (Lipinski definition) is 2. The molecule has 2 rings (SSSR count). The lowest BCUT2D eigenvalue weighted by Crippen LogP contribution is -2.45. The number of ether oxygens (including phenoxy) is 3. The van der Waals surface area contributed by atoms with Crippen molar-refractivity contribution < 1.29 is 23.8 Å². The van der Waals surface area contributed by atoms with Crippen LogP contribution in [0.3, 0.4) is 0 Å². The molecule has 1 aliphatic heterocycles. The van der Waals surface area contributed by atoms with E-state index >= 15 is 0 Å². The fourth-order valence-electron chi connectivity index (χ4n) is 2.31. The fraction of sp³-hybridized carbons (Fsp3) is 0.333. The molecule has 0 aromatic heterocycles. The zero-order valence-electron chi connectivity index (χ0n) is 12.9. The number of benzene rings is 1. The maximum absolute atomic E-state index is 11.8. The van der Waals surface area contributed by atoms with Crippen molar-refractivity contribution in [3.63, 3.8) is 0 Å². The van der Waals surface area contributed by atoms with Gasteiger partial charge in [0.05, 0.1) is 27.4 Å². The molecule has 1 heterocycles. The molecule has 1 atom stereocenters. The number of amides is 2. The highest BCUT2D eigenvalue weighted by Crippen LogP contribution is 2.33. The third-order valence-electron chi connectivity index (χ3n) is 3.47. The first-order valence-corrected chi connectivity index (χ1v) is 6.60. The van der Waals surface area contributed by atoms with Crippen LogP contribution in [0.1, 0.15) is 18.5 Å². The number of carbonyl (C=O) groups excluding carboxylic acids is 2. The van der Waals surface area contributed by atoms with E-state index in [9.17, 15) is 9.59 Å². The second-order valence-corrected chi connectivity index (χ2v) is 4.70. The van der Waals surface area contributed by atoms with Gasteiger partial charge in [0.2, 0.25) is 0 Å². The van der Waals surface area contributed by atoms with Gasteiger partial charge in [-0.15, -0.1) is 0 Å². The first-order valence-electron chi connectivity index (χ1n) is 6.60. The molecule has 0 aliphatic carbocycles. The number of urea groups is 1. The number of hydrogen-bond acceptors (Lipinski definition) is 5. The van der Waals surface area contributed by atoms with Gasteiger partial charge in [-0.05, 0) is 30.2 Å². The topological polar surface area (TPSA) is 85.9 Å². The van der Waals surface area contributed by atoms with E-state index in [2.05, 4.69) is 10.6 Å². The van der Waals surface area contributed by atoms with E-state index < -0.39 is 18.0 Å². The summed E-state index contributed by atoms with van der Waals surface area (Å²) in [4.78, 5) is 23.5. The molecule has 1 aromatic carbocycles. The lowest BCUT2D eigenvalue weighted by molar-refractivity contribution is -0.136. The predicted octanol–water partition coefficient (Wildman–Crippen LogP) is 1.50. The summed E-state index contributed by atoms with van der Waals surface area (Å²) in [5, 5.41) is 5.23. The summed E-state index contributed by atoms with van der Waals surface area (Å²) in [7, 11) is 4.35. The Bertz CT molecular complexity index is 639. The zero-order chi connectivity index (χ0) is 16.3. The average Bonchev–Trinajstić information content (AvgIpc) is 2.55. The van der Waals surface area contributed by atoms with Crippen LogP contribution in [-0.4, -0.2) is 33.3 Å². The van der Waals surface area contributed by atoms with Crippen molar-refractivity contribution in [3.8, 4) is 11.5 Å². The summed E-state index contributed by atoms with van der Waals surface area (Å²) >= 11 is 0. The second kappa shape index (κ2) is 6.38. The molecule has 0 spiro atoms. The highest BCUT2D eigenvalue weighted by atomic mass is 16.5. The van der Waals surface area contributed by atoms with Gasteiger partial charge < -0.3 is 24.8 Å². The molecule has 0 saturated carbocycles. The van der Waals surface area contributed by atoms with Crippen molar-refractivity contribution in [1.29, 1.82) is 0 Å². The van der Waals surface area contributed by atoms with Crippen molar-refractivity contribution in [2.75, 3.05) is 21.3 Å². The number of methoxy groups -OCH3 is 3. The van der Waals surface area contributed by atoms with Crippen LogP contribution in [0.4, 0.5) is 4.79 Å². The summed E-state index contributed by atoms with van der Waals surface area (Å²) in [5.41, 5.74) is 1.57. The van der Waals surface area contributed by atoms with E-state index in [1.165, 1.54) is 14.2 Å². The maximum Gasteiger partial charge on any atom is 0.354 e. The summed E-state index contributed by atoms with van der Waals surface area (Å²) in [6.45, 7) is 1.75. The number of rotatable bonds is 4. The Kier molecular flexibility index (Phi) is 4.55. The Labute approximate surface area is 128 Å². The van der Waals surface area contributed by atoms with Gasteiger partial charge in [0.25, 0.3) is 0 Å². The molecular weight excluding hydrogens is 288 g/mol. The molecule has 0 saturated heterocycles. The minimum Gasteiger partial charge on any atom is -0.493 e. The van der Waals surface area contributed by atoms with E-state index in [0.29, 0.717) is 17.1 Å². The molecule has 1 unspecified atom stereocenters. The molecule has 2 N–H and O–H groups in total. The molecule has 0 radical (unpaired) electrons. The largest absolute Gasteiger partial charge is 0.493 e. The van der Waals surface area contributed by atoms with E-state index in [1.54, 1.807) is 32.2 Å². The Morgan fingerprint density at radius 3 is 2.41 bits per heavy atom. The first-order chi connectivity index (χ1) is 10.5. The normalized spacial score (nSPS) is 17.5. The summed E-state index contributed by atoms with van der Waals surface area (Å²) < 4.78 is 15.1. The zero-order valence-corrected chi connectivity index (χ0v) is 12.9. The highest BCUT2D eigenvalue weighted by molar-refractivity contribution is 5.96. The molecule has 7 nitrogen and oxygen atoms in total. The van der Waals surface area contributed by atoms with E-state index in [1.807, 2.05) is 0 Å². The molecular formula is C15H18N2O5. The van der Waals surface area contributed by atoms with Crippen LogP contribution >= 0.6 is 0 Å². The Hall–Kier alpha value is -2.70. The van der Waals surface area contributed by atoms with Gasteiger partial charge in [-0.2, -0.15) is 0 Å². The average molecular weight is 306 g/mol. The minimum atomic E-state index is -0.585. The van der Waals surface area contributed by atoms with Crippen molar-refractivity contribution in [3.05, 3.63) is 35.0 Å². The van der Waals surface area contributed by atoms with E-state index in [-0.39, 0.29) is 5.70 Å². The first kappa shape index (κ1) is 15.7. The van der Waals surface area contributed by atoms with Crippen LogP contribution in [0, 0.1) is 0 Å². The Morgan fingerprint density at radius 1 is 1.14 bits per heavy atom. The molecule has 1 aliphatic rings. The number of esters is 1. The quantitative estimate of drug-likeness (QED) is 0.823. The lowest BCUT2D eigenvalue weighted by atomic mass is 9.96. The third-order valence-corrected chi connectivity index (χ3v) is 3.47. The van der Waals surface area contributed by atoms with E-state index in [4.69, 9.17) is 14.2 Å². The van der Waals surface area contributed by atoms with Gasteiger partial charge in [0.1, 0.15) is 5.70 Å². The van der Waals surface area contributed by atoms with Crippen molar-refractivity contribution >= 4 is 12.0 Å². The van der Waals surface area contributed by atoms with Crippen LogP contribution in [0.15, 0.2) is 29.5 Å². The molecule has 2 amide bonds. The smallest absolute Gasteiger partial charge is 0.354 e. The van der Waals surface area contributed by atoms with Crippen LogP contribution in [-0.2, 0) is 9.53 Å². The van der Waals surface area contributed by atoms with Gasteiger partial charge in [0.15, 0.2) is 11.5 Å². The Morgan fingerprint density at radius 2 is 1.82 bits per heavy atom. The van der Waals surface area contributed by atoms with Crippen LogP contribution < -0.4 is 20.1 Å². The van der Waals surface area contributed by atoms with Crippen LogP contribution in [0.2, 0.25) is 0 Å². The standard InChI is InChI=1S/C15H18N2O5/c1-8-12(16-15(19)17-13(8)14(18)22-4)9-5-6-10(20-2)11(7-9)21-3/h5-7,12H,1-4H3,(H2,16,17,19). The molecule has 0 bridgehead atoms. The summed E-state index contributed by atoms with van der Waals surface area (Å²) in [6, 6.07) is 4.38. The third kappa shape index (κ3) is 2.83. The number of carbonyl (C=O) groups is 2. The lowest BCUT2D eigenvalue weighted by Gasteiger charge is -2.28. The predicted molar refractivity (Wildman–Crippen MR) is 78.7 cm³/mol. The molecule has 0 fully saturated rings. The molecule has 118 valence electrons. The van der Waals surface area contributed by atoms with Crippen LogP contribution in [0.25, 0.3) is 0 Å². The molecule has 22 heavy (non-hydrogen) atoms. The minimum absolute atomic E-state index is 0.144. The summed E-state index contributed by atoms with van der Waals surface area (Å²) in [6.07, 6.45) is 0. The molecule has 7 heteroatoms. The van der Waals surface area contributed by atoms with Crippen LogP contribution in [0.5, 0.6) is 11.5 Å². The Balaban J connectivity index is 2.46. The molecule has 1 aromatic rings. The maximum atomic E-state index is 11.8.